The molecule has 0 spiro atoms. The van der Waals surface area contributed by atoms with Gasteiger partial charge in [0, 0.05) is 12.6 Å². The number of nitrogens with one attached hydrogen (secondary N) is 1. The summed E-state index contributed by atoms with van der Waals surface area (Å²) in [6.45, 7) is 4.71. The van der Waals surface area contributed by atoms with Crippen LogP contribution in [0.2, 0.25) is 0 Å². The van der Waals surface area contributed by atoms with Crippen molar-refractivity contribution in [3.05, 3.63) is 53.2 Å². The second-order valence-electron chi connectivity index (χ2n) is 6.54. The number of benzene rings is 1. The Hall–Kier alpha value is -2.89. The van der Waals surface area contributed by atoms with Gasteiger partial charge in [-0.3, -0.25) is 9.59 Å². The molecule has 1 saturated heterocycles. The first-order valence-corrected chi connectivity index (χ1v) is 8.68. The Morgan fingerprint density at radius 3 is 2.65 bits per heavy atom. The van der Waals surface area contributed by atoms with Crippen LogP contribution in [0, 0.1) is 13.8 Å². The van der Waals surface area contributed by atoms with Crippen LogP contribution in [0.3, 0.4) is 0 Å². The van der Waals surface area contributed by atoms with Gasteiger partial charge in [0.2, 0.25) is 5.88 Å². The summed E-state index contributed by atoms with van der Waals surface area (Å²) < 4.78 is 4.98. The normalized spacial score (nSPS) is 16.4. The lowest BCUT2D eigenvalue weighted by Gasteiger charge is -2.25. The molecule has 0 aliphatic carbocycles. The molecule has 136 valence electrons. The summed E-state index contributed by atoms with van der Waals surface area (Å²) in [5, 5.41) is 2.61. The largest absolute Gasteiger partial charge is 0.481 e. The Balaban J connectivity index is 1.72. The first kappa shape index (κ1) is 17.9. The number of carbonyl (C=O) groups is 2. The van der Waals surface area contributed by atoms with Crippen LogP contribution in [0.4, 0.5) is 5.69 Å². The maximum atomic E-state index is 12.7. The van der Waals surface area contributed by atoms with E-state index in [4.69, 9.17) is 4.74 Å². The summed E-state index contributed by atoms with van der Waals surface area (Å²) >= 11 is 0. The number of aromatic nitrogens is 1. The molecular weight excluding hydrogens is 330 g/mol. The van der Waals surface area contributed by atoms with Crippen LogP contribution < -0.4 is 10.1 Å². The molecule has 3 rings (SSSR count). The van der Waals surface area contributed by atoms with E-state index in [9.17, 15) is 9.59 Å². The van der Waals surface area contributed by atoms with Gasteiger partial charge in [-0.25, -0.2) is 4.98 Å². The van der Waals surface area contributed by atoms with Crippen molar-refractivity contribution < 1.29 is 14.3 Å². The highest BCUT2D eigenvalue weighted by Crippen LogP contribution is 2.33. The van der Waals surface area contributed by atoms with E-state index < -0.39 is 11.8 Å². The summed E-state index contributed by atoms with van der Waals surface area (Å²) in [6.07, 6.45) is 3.22. The van der Waals surface area contributed by atoms with Gasteiger partial charge in [-0.1, -0.05) is 18.2 Å². The standard InChI is InChI=1S/C20H23N3O3/c1-13-6-7-15(11-14(13)2)17-5-4-10-23(17)20(25)19(24)22-16-8-9-18(26-3)21-12-16/h6-9,11-12,17H,4-5,10H2,1-3H3,(H,22,24)/t17-/m0/s1. The topological polar surface area (TPSA) is 71.5 Å². The van der Waals surface area contributed by atoms with Crippen LogP contribution in [0.1, 0.15) is 35.6 Å². The van der Waals surface area contributed by atoms with E-state index in [0.717, 1.165) is 18.4 Å². The number of hydrogen-bond acceptors (Lipinski definition) is 4. The summed E-state index contributed by atoms with van der Waals surface area (Å²) in [5.74, 6) is -0.710. The lowest BCUT2D eigenvalue weighted by molar-refractivity contribution is -0.143. The fourth-order valence-electron chi connectivity index (χ4n) is 3.22. The molecule has 1 atom stereocenters. The van der Waals surface area contributed by atoms with Gasteiger partial charge < -0.3 is 15.0 Å². The molecular formula is C20H23N3O3. The third-order valence-electron chi connectivity index (χ3n) is 4.83. The quantitative estimate of drug-likeness (QED) is 0.861. The highest BCUT2D eigenvalue weighted by molar-refractivity contribution is 6.39. The fourth-order valence-corrected chi connectivity index (χ4v) is 3.22. The number of amides is 2. The van der Waals surface area contributed by atoms with E-state index in [1.165, 1.54) is 24.4 Å². The van der Waals surface area contributed by atoms with Gasteiger partial charge in [0.25, 0.3) is 0 Å². The SMILES string of the molecule is COc1ccc(NC(=O)C(=O)N2CCC[C@H]2c2ccc(C)c(C)c2)cn1. The molecule has 0 radical (unpaired) electrons. The van der Waals surface area contributed by atoms with E-state index in [0.29, 0.717) is 18.1 Å². The van der Waals surface area contributed by atoms with Crippen molar-refractivity contribution in [3.8, 4) is 5.88 Å². The van der Waals surface area contributed by atoms with Crippen molar-refractivity contribution in [3.63, 3.8) is 0 Å². The molecule has 2 amide bonds. The number of nitrogens with zero attached hydrogens (tertiary/aromatic N) is 2. The Kier molecular flexibility index (Phi) is 5.21. The molecule has 0 saturated carbocycles. The number of rotatable bonds is 3. The van der Waals surface area contributed by atoms with Gasteiger partial charge in [-0.15, -0.1) is 0 Å². The minimum absolute atomic E-state index is 0.0541. The van der Waals surface area contributed by atoms with Crippen molar-refractivity contribution in [2.45, 2.75) is 32.7 Å². The van der Waals surface area contributed by atoms with Crippen LogP contribution in [0.15, 0.2) is 36.5 Å². The zero-order valence-electron chi connectivity index (χ0n) is 15.3. The zero-order chi connectivity index (χ0) is 18.7. The smallest absolute Gasteiger partial charge is 0.313 e. The van der Waals surface area contributed by atoms with E-state index in [1.54, 1.807) is 17.0 Å². The molecule has 0 unspecified atom stereocenters. The van der Waals surface area contributed by atoms with Crippen molar-refractivity contribution in [1.82, 2.24) is 9.88 Å². The molecule has 2 aromatic rings. The molecule has 6 nitrogen and oxygen atoms in total. The molecule has 6 heteroatoms. The van der Waals surface area contributed by atoms with Crippen LogP contribution in [0.25, 0.3) is 0 Å². The lowest BCUT2D eigenvalue weighted by atomic mass is 9.99. The van der Waals surface area contributed by atoms with E-state index in [1.807, 2.05) is 6.07 Å². The summed E-state index contributed by atoms with van der Waals surface area (Å²) in [6, 6.07) is 9.45. The van der Waals surface area contributed by atoms with Crippen molar-refractivity contribution in [1.29, 1.82) is 0 Å². The van der Waals surface area contributed by atoms with Crippen molar-refractivity contribution in [2.75, 3.05) is 19.0 Å². The minimum atomic E-state index is -0.646. The van der Waals surface area contributed by atoms with E-state index >= 15 is 0 Å². The van der Waals surface area contributed by atoms with Gasteiger partial charge in [0.15, 0.2) is 0 Å². The second kappa shape index (κ2) is 7.56. The molecule has 1 fully saturated rings. The average molecular weight is 353 g/mol. The van der Waals surface area contributed by atoms with Crippen molar-refractivity contribution >= 4 is 17.5 Å². The molecule has 1 N–H and O–H groups in total. The summed E-state index contributed by atoms with van der Waals surface area (Å²) in [5.41, 5.74) is 3.95. The van der Waals surface area contributed by atoms with Gasteiger partial charge >= 0.3 is 11.8 Å². The lowest BCUT2D eigenvalue weighted by Crippen LogP contribution is -2.39. The number of hydrogen-bond donors (Lipinski definition) is 1. The highest BCUT2D eigenvalue weighted by Gasteiger charge is 2.33. The van der Waals surface area contributed by atoms with E-state index in [-0.39, 0.29) is 6.04 Å². The number of aryl methyl sites for hydroxylation is 2. The molecule has 1 aliphatic heterocycles. The van der Waals surface area contributed by atoms with Crippen LogP contribution in [-0.2, 0) is 9.59 Å². The van der Waals surface area contributed by atoms with Crippen LogP contribution >= 0.6 is 0 Å². The maximum absolute atomic E-state index is 12.7. The number of pyridine rings is 1. The van der Waals surface area contributed by atoms with Gasteiger partial charge in [-0.05, 0) is 49.4 Å². The summed E-state index contributed by atoms with van der Waals surface area (Å²) in [4.78, 5) is 30.8. The second-order valence-corrected chi connectivity index (χ2v) is 6.54. The Morgan fingerprint density at radius 2 is 2.00 bits per heavy atom. The third-order valence-corrected chi connectivity index (χ3v) is 4.83. The van der Waals surface area contributed by atoms with Gasteiger partial charge in [-0.2, -0.15) is 0 Å². The van der Waals surface area contributed by atoms with Crippen molar-refractivity contribution in [2.24, 2.45) is 0 Å². The predicted molar refractivity (Wildman–Crippen MR) is 99.0 cm³/mol. The zero-order valence-corrected chi connectivity index (χ0v) is 15.3. The summed E-state index contributed by atoms with van der Waals surface area (Å²) in [7, 11) is 1.52. The van der Waals surface area contributed by atoms with Crippen LogP contribution in [0.5, 0.6) is 5.88 Å². The van der Waals surface area contributed by atoms with Gasteiger partial charge in [0.05, 0.1) is 25.0 Å². The molecule has 2 heterocycles. The average Bonchev–Trinajstić information content (AvgIpc) is 3.13. The first-order chi connectivity index (χ1) is 12.5. The third kappa shape index (κ3) is 3.69. The Labute approximate surface area is 153 Å². The molecule has 26 heavy (non-hydrogen) atoms. The highest BCUT2D eigenvalue weighted by atomic mass is 16.5. The predicted octanol–water partition coefficient (Wildman–Crippen LogP) is 3.01. The number of carbonyl (C=O) groups excluding carboxylic acids is 2. The number of likely N-dealkylation sites (tertiary alicyclic amines) is 1. The molecule has 1 aromatic carbocycles. The molecule has 1 aliphatic rings. The molecule has 0 bridgehead atoms. The fraction of sp³-hybridized carbons (Fsp3) is 0.350. The first-order valence-electron chi connectivity index (χ1n) is 8.68. The molecule has 1 aromatic heterocycles. The van der Waals surface area contributed by atoms with E-state index in [2.05, 4.69) is 36.3 Å². The minimum Gasteiger partial charge on any atom is -0.481 e. The van der Waals surface area contributed by atoms with Gasteiger partial charge in [0.1, 0.15) is 0 Å². The monoisotopic (exact) mass is 353 g/mol. The Morgan fingerprint density at radius 1 is 1.19 bits per heavy atom. The number of anilines is 1. The number of ether oxygens (including phenoxy) is 1. The van der Waals surface area contributed by atoms with Crippen LogP contribution in [-0.4, -0.2) is 35.4 Å². The maximum Gasteiger partial charge on any atom is 0.313 e. The Bertz CT molecular complexity index is 818. The number of methoxy groups -OCH3 is 1.